The molecule has 3 aromatic rings. The maximum absolute atomic E-state index is 10.0. The van der Waals surface area contributed by atoms with E-state index in [0.29, 0.717) is 12.6 Å². The molecule has 116 valence electrons. The van der Waals surface area contributed by atoms with Gasteiger partial charge in [0.05, 0.1) is 5.52 Å². The second-order valence-corrected chi connectivity index (χ2v) is 5.88. The summed E-state index contributed by atoms with van der Waals surface area (Å²) < 4.78 is 5.87. The molecule has 3 N–H and O–H groups in total. The predicted molar refractivity (Wildman–Crippen MR) is 90.4 cm³/mol. The molecule has 2 aromatic carbocycles. The Morgan fingerprint density at radius 1 is 1.09 bits per heavy atom. The Labute approximate surface area is 130 Å². The van der Waals surface area contributed by atoms with Crippen molar-refractivity contribution in [2.45, 2.75) is 26.0 Å². The van der Waals surface area contributed by atoms with Crippen molar-refractivity contribution in [3.05, 3.63) is 42.5 Å². The number of fused-ring (bicyclic) bond motifs is 3. The maximum Gasteiger partial charge on any atom is 0.129 e. The lowest BCUT2D eigenvalue weighted by molar-refractivity contribution is 0.105. The molecule has 1 aromatic heterocycles. The molecule has 3 rings (SSSR count). The Bertz CT molecular complexity index is 764. The Kier molecular flexibility index (Phi) is 4.32. The first kappa shape index (κ1) is 14.9. The lowest BCUT2D eigenvalue weighted by Gasteiger charge is -2.15. The molecular weight excluding hydrogens is 276 g/mol. The van der Waals surface area contributed by atoms with E-state index in [1.54, 1.807) is 0 Å². The molecule has 0 aliphatic carbocycles. The van der Waals surface area contributed by atoms with Crippen LogP contribution >= 0.6 is 0 Å². The molecule has 0 spiro atoms. The first-order chi connectivity index (χ1) is 10.6. The molecule has 0 amide bonds. The number of ether oxygens (including phenoxy) is 1. The summed E-state index contributed by atoms with van der Waals surface area (Å²) in [6.45, 7) is 4.92. The molecule has 4 nitrogen and oxygen atoms in total. The lowest BCUT2D eigenvalue weighted by atomic mass is 10.1. The third kappa shape index (κ3) is 3.08. The van der Waals surface area contributed by atoms with Crippen LogP contribution in [0.4, 0.5) is 0 Å². The van der Waals surface area contributed by atoms with Crippen molar-refractivity contribution in [2.75, 3.05) is 13.2 Å². The average molecular weight is 298 g/mol. The summed E-state index contributed by atoms with van der Waals surface area (Å²) in [4.78, 5) is 3.39. The molecule has 0 fully saturated rings. The van der Waals surface area contributed by atoms with Crippen molar-refractivity contribution >= 4 is 21.8 Å². The zero-order valence-corrected chi connectivity index (χ0v) is 13.0. The minimum Gasteiger partial charge on any atom is -0.490 e. The van der Waals surface area contributed by atoms with Gasteiger partial charge >= 0.3 is 0 Å². The van der Waals surface area contributed by atoms with Crippen LogP contribution in [0.15, 0.2) is 42.5 Å². The first-order valence-electron chi connectivity index (χ1n) is 7.69. The largest absolute Gasteiger partial charge is 0.490 e. The average Bonchev–Trinajstić information content (AvgIpc) is 2.90. The number of aliphatic hydroxyl groups is 1. The monoisotopic (exact) mass is 298 g/mol. The van der Waals surface area contributed by atoms with Crippen LogP contribution in [0.25, 0.3) is 21.8 Å². The van der Waals surface area contributed by atoms with Gasteiger partial charge in [-0.15, -0.1) is 0 Å². The Morgan fingerprint density at radius 3 is 2.68 bits per heavy atom. The minimum atomic E-state index is -0.525. The van der Waals surface area contributed by atoms with Gasteiger partial charge in [-0.3, -0.25) is 0 Å². The van der Waals surface area contributed by atoms with Crippen LogP contribution < -0.4 is 10.1 Å². The van der Waals surface area contributed by atoms with E-state index in [4.69, 9.17) is 4.74 Å². The maximum atomic E-state index is 10.0. The molecule has 0 bridgehead atoms. The molecule has 0 aliphatic rings. The van der Waals surface area contributed by atoms with Crippen LogP contribution in [0, 0.1) is 0 Å². The zero-order chi connectivity index (χ0) is 15.5. The third-order valence-electron chi connectivity index (χ3n) is 3.68. The Morgan fingerprint density at radius 2 is 1.86 bits per heavy atom. The van der Waals surface area contributed by atoms with Gasteiger partial charge in [0, 0.05) is 28.9 Å². The third-order valence-corrected chi connectivity index (χ3v) is 3.68. The number of hydrogen-bond donors (Lipinski definition) is 3. The van der Waals surface area contributed by atoms with Crippen molar-refractivity contribution in [3.63, 3.8) is 0 Å². The van der Waals surface area contributed by atoms with Gasteiger partial charge in [-0.2, -0.15) is 0 Å². The molecule has 0 unspecified atom stereocenters. The van der Waals surface area contributed by atoms with Crippen LogP contribution in [0.1, 0.15) is 13.8 Å². The van der Waals surface area contributed by atoms with Crippen LogP contribution in [0.2, 0.25) is 0 Å². The van der Waals surface area contributed by atoms with Crippen LogP contribution in [-0.2, 0) is 0 Å². The molecule has 0 aliphatic heterocycles. The summed E-state index contributed by atoms with van der Waals surface area (Å²) in [5, 5.41) is 15.4. The van der Waals surface area contributed by atoms with Gasteiger partial charge < -0.3 is 20.1 Å². The smallest absolute Gasteiger partial charge is 0.129 e. The normalized spacial score (nSPS) is 13.1. The van der Waals surface area contributed by atoms with E-state index in [-0.39, 0.29) is 6.61 Å². The number of H-pyrrole nitrogens is 1. The molecule has 4 heteroatoms. The fourth-order valence-corrected chi connectivity index (χ4v) is 2.61. The first-order valence-corrected chi connectivity index (χ1v) is 7.69. The quantitative estimate of drug-likeness (QED) is 0.655. The number of rotatable bonds is 6. The van der Waals surface area contributed by atoms with E-state index in [2.05, 4.69) is 36.3 Å². The van der Waals surface area contributed by atoms with Gasteiger partial charge in [0.25, 0.3) is 0 Å². The highest BCUT2D eigenvalue weighted by atomic mass is 16.5. The molecule has 22 heavy (non-hydrogen) atoms. The topological polar surface area (TPSA) is 57.3 Å². The predicted octanol–water partition coefficient (Wildman–Crippen LogP) is 3.06. The van der Waals surface area contributed by atoms with Gasteiger partial charge in [0.1, 0.15) is 18.5 Å². The number of aromatic nitrogens is 1. The molecule has 0 saturated carbocycles. The van der Waals surface area contributed by atoms with Crippen molar-refractivity contribution in [1.29, 1.82) is 0 Å². The SMILES string of the molecule is CC(C)NC[C@@H](O)COc1cccc2[nH]c3ccccc3c12. The van der Waals surface area contributed by atoms with Gasteiger partial charge in [-0.05, 0) is 18.2 Å². The highest BCUT2D eigenvalue weighted by Crippen LogP contribution is 2.32. The summed E-state index contributed by atoms with van der Waals surface area (Å²) in [6, 6.07) is 14.5. The van der Waals surface area contributed by atoms with Crippen LogP contribution in [0.5, 0.6) is 5.75 Å². The van der Waals surface area contributed by atoms with E-state index in [9.17, 15) is 5.11 Å². The summed E-state index contributed by atoms with van der Waals surface area (Å²) in [5.74, 6) is 0.804. The number of nitrogens with one attached hydrogen (secondary N) is 2. The molecule has 1 atom stereocenters. The summed E-state index contributed by atoms with van der Waals surface area (Å²) >= 11 is 0. The molecule has 1 heterocycles. The fourth-order valence-electron chi connectivity index (χ4n) is 2.61. The lowest BCUT2D eigenvalue weighted by Crippen LogP contribution is -2.35. The second kappa shape index (κ2) is 6.38. The summed E-state index contributed by atoms with van der Waals surface area (Å²) in [6.07, 6.45) is -0.525. The number of hydrogen-bond acceptors (Lipinski definition) is 3. The van der Waals surface area contributed by atoms with Crippen LogP contribution in [0.3, 0.4) is 0 Å². The minimum absolute atomic E-state index is 0.276. The molecule has 0 saturated heterocycles. The van der Waals surface area contributed by atoms with E-state index in [1.807, 2.05) is 30.3 Å². The number of benzene rings is 2. The standard InChI is InChI=1S/C18H22N2O2/c1-12(2)19-10-13(21)11-22-17-9-5-8-16-18(17)14-6-3-4-7-15(14)20-16/h3-9,12-13,19-21H,10-11H2,1-2H3/t13-/m1/s1. The van der Waals surface area contributed by atoms with Crippen molar-refractivity contribution < 1.29 is 9.84 Å². The van der Waals surface area contributed by atoms with E-state index in [0.717, 1.165) is 27.6 Å². The van der Waals surface area contributed by atoms with Crippen molar-refractivity contribution in [3.8, 4) is 5.75 Å². The molecule has 0 radical (unpaired) electrons. The summed E-state index contributed by atoms with van der Waals surface area (Å²) in [7, 11) is 0. The summed E-state index contributed by atoms with van der Waals surface area (Å²) in [5.41, 5.74) is 2.14. The van der Waals surface area contributed by atoms with E-state index in [1.165, 1.54) is 0 Å². The van der Waals surface area contributed by atoms with Crippen LogP contribution in [-0.4, -0.2) is 35.4 Å². The second-order valence-electron chi connectivity index (χ2n) is 5.88. The van der Waals surface area contributed by atoms with Crippen molar-refractivity contribution in [1.82, 2.24) is 10.3 Å². The fraction of sp³-hybridized carbons (Fsp3) is 0.333. The van der Waals surface area contributed by atoms with Crippen molar-refractivity contribution in [2.24, 2.45) is 0 Å². The van der Waals surface area contributed by atoms with Gasteiger partial charge in [-0.1, -0.05) is 38.1 Å². The van der Waals surface area contributed by atoms with E-state index < -0.39 is 6.10 Å². The number of aliphatic hydroxyl groups excluding tert-OH is 1. The van der Waals surface area contributed by atoms with E-state index >= 15 is 0 Å². The highest BCUT2D eigenvalue weighted by Gasteiger charge is 2.11. The Balaban J connectivity index is 1.82. The number of para-hydroxylation sites is 1. The zero-order valence-electron chi connectivity index (χ0n) is 13.0. The molecular formula is C18H22N2O2. The van der Waals surface area contributed by atoms with Gasteiger partial charge in [0.15, 0.2) is 0 Å². The Hall–Kier alpha value is -2.04. The highest BCUT2D eigenvalue weighted by molar-refractivity contribution is 6.10. The van der Waals surface area contributed by atoms with Gasteiger partial charge in [0.2, 0.25) is 0 Å². The van der Waals surface area contributed by atoms with Gasteiger partial charge in [-0.25, -0.2) is 0 Å². The number of aromatic amines is 1.